The summed E-state index contributed by atoms with van der Waals surface area (Å²) in [5, 5.41) is 10.6. The summed E-state index contributed by atoms with van der Waals surface area (Å²) in [7, 11) is -3.94. The number of nitrogens with one attached hydrogen (secondary N) is 2. The number of H-pyrrole nitrogens is 1. The minimum atomic E-state index is -3.94. The lowest BCUT2D eigenvalue weighted by atomic mass is 10.3. The fourth-order valence-electron chi connectivity index (χ4n) is 1.54. The molecule has 0 spiro atoms. The van der Waals surface area contributed by atoms with Gasteiger partial charge in [0.15, 0.2) is 4.21 Å². The van der Waals surface area contributed by atoms with Gasteiger partial charge in [-0.3, -0.25) is 19.6 Å². The zero-order valence-corrected chi connectivity index (χ0v) is 13.6. The molecule has 2 rings (SSSR count). The molecular formula is C10H8BrN3O5S2. The fourth-order valence-corrected chi connectivity index (χ4v) is 4.52. The summed E-state index contributed by atoms with van der Waals surface area (Å²) in [5.41, 5.74) is 0.198. The summed E-state index contributed by atoms with van der Waals surface area (Å²) < 4.78 is 26.8. The number of rotatable bonds is 4. The van der Waals surface area contributed by atoms with Crippen LogP contribution in [0.25, 0.3) is 0 Å². The molecule has 0 bridgehead atoms. The summed E-state index contributed by atoms with van der Waals surface area (Å²) in [6, 6.07) is 3.63. The zero-order chi connectivity index (χ0) is 15.8. The number of aromatic nitrogens is 1. The highest BCUT2D eigenvalue weighted by Gasteiger charge is 2.22. The van der Waals surface area contributed by atoms with Gasteiger partial charge in [0.05, 0.1) is 10.6 Å². The summed E-state index contributed by atoms with van der Waals surface area (Å²) in [6.07, 6.45) is 0. The average molecular weight is 394 g/mol. The third-order valence-corrected chi connectivity index (χ3v) is 6.06. The van der Waals surface area contributed by atoms with Gasteiger partial charge in [-0.15, -0.1) is 0 Å². The third kappa shape index (κ3) is 3.31. The SMILES string of the molecule is Cc1[nH]c(=O)sc1S(=O)(=O)Nc1ccc([N+](=O)[O-])cc1Br. The van der Waals surface area contributed by atoms with Gasteiger partial charge in [-0.05, 0) is 28.9 Å². The fraction of sp³-hybridized carbons (Fsp3) is 0.100. The van der Waals surface area contributed by atoms with Crippen LogP contribution < -0.4 is 9.60 Å². The Morgan fingerprint density at radius 2 is 2.10 bits per heavy atom. The second kappa shape index (κ2) is 5.58. The molecule has 2 aromatic rings. The molecule has 1 aromatic carbocycles. The number of benzene rings is 1. The third-order valence-electron chi connectivity index (χ3n) is 2.43. The minimum Gasteiger partial charge on any atom is -0.315 e. The highest BCUT2D eigenvalue weighted by atomic mass is 79.9. The van der Waals surface area contributed by atoms with Gasteiger partial charge in [-0.1, -0.05) is 11.3 Å². The highest BCUT2D eigenvalue weighted by Crippen LogP contribution is 2.29. The Bertz CT molecular complexity index is 871. The quantitative estimate of drug-likeness (QED) is 0.608. The molecule has 0 aliphatic rings. The molecule has 0 amide bonds. The molecule has 0 saturated carbocycles. The number of nitrogens with zero attached hydrogens (tertiary/aromatic N) is 1. The average Bonchev–Trinajstić information content (AvgIpc) is 2.71. The van der Waals surface area contributed by atoms with Crippen LogP contribution in [0.5, 0.6) is 0 Å². The second-order valence-electron chi connectivity index (χ2n) is 3.95. The number of aryl methyl sites for hydroxylation is 1. The van der Waals surface area contributed by atoms with Gasteiger partial charge in [0.2, 0.25) is 0 Å². The van der Waals surface area contributed by atoms with E-state index in [1.807, 2.05) is 0 Å². The first-order valence-electron chi connectivity index (χ1n) is 5.37. The van der Waals surface area contributed by atoms with Gasteiger partial charge in [0.1, 0.15) is 0 Å². The molecule has 1 aromatic heterocycles. The van der Waals surface area contributed by atoms with Gasteiger partial charge in [-0.25, -0.2) is 8.42 Å². The van der Waals surface area contributed by atoms with Crippen LogP contribution in [0.3, 0.4) is 0 Å². The summed E-state index contributed by atoms with van der Waals surface area (Å²) in [4.78, 5) is 23.1. The highest BCUT2D eigenvalue weighted by molar-refractivity contribution is 9.10. The van der Waals surface area contributed by atoms with Crippen molar-refractivity contribution in [3.63, 3.8) is 0 Å². The number of anilines is 1. The molecule has 1 heterocycles. The Balaban J connectivity index is 2.40. The normalized spacial score (nSPS) is 11.3. The van der Waals surface area contributed by atoms with Gasteiger partial charge in [0, 0.05) is 22.3 Å². The van der Waals surface area contributed by atoms with Crippen molar-refractivity contribution < 1.29 is 13.3 Å². The van der Waals surface area contributed by atoms with E-state index in [-0.39, 0.29) is 25.8 Å². The van der Waals surface area contributed by atoms with Crippen molar-refractivity contribution >= 4 is 48.7 Å². The molecule has 11 heteroatoms. The zero-order valence-electron chi connectivity index (χ0n) is 10.4. The van der Waals surface area contributed by atoms with E-state index in [0.29, 0.717) is 11.3 Å². The molecule has 0 unspecified atom stereocenters. The van der Waals surface area contributed by atoms with Crippen LogP contribution in [0, 0.1) is 17.0 Å². The molecule has 0 saturated heterocycles. The number of non-ortho nitro benzene ring substituents is 1. The van der Waals surface area contributed by atoms with Crippen LogP contribution in [-0.4, -0.2) is 18.3 Å². The number of halogens is 1. The molecule has 0 radical (unpaired) electrons. The largest absolute Gasteiger partial charge is 0.315 e. The lowest BCUT2D eigenvalue weighted by Gasteiger charge is -2.08. The Labute approximate surface area is 131 Å². The molecule has 8 nitrogen and oxygen atoms in total. The van der Waals surface area contributed by atoms with Crippen LogP contribution in [0.15, 0.2) is 31.7 Å². The van der Waals surface area contributed by atoms with Gasteiger partial charge >= 0.3 is 4.87 Å². The lowest BCUT2D eigenvalue weighted by molar-refractivity contribution is -0.384. The predicted molar refractivity (Wildman–Crippen MR) is 81.3 cm³/mol. The van der Waals surface area contributed by atoms with E-state index >= 15 is 0 Å². The lowest BCUT2D eigenvalue weighted by Crippen LogP contribution is -2.13. The number of nitro benzene ring substituents is 1. The Morgan fingerprint density at radius 1 is 1.43 bits per heavy atom. The van der Waals surface area contributed by atoms with Crippen molar-refractivity contribution in [2.45, 2.75) is 11.1 Å². The van der Waals surface area contributed by atoms with E-state index in [0.717, 1.165) is 0 Å². The first kappa shape index (κ1) is 15.7. The van der Waals surface area contributed by atoms with Crippen LogP contribution in [0.4, 0.5) is 11.4 Å². The summed E-state index contributed by atoms with van der Waals surface area (Å²) >= 11 is 3.64. The number of sulfonamides is 1. The van der Waals surface area contributed by atoms with Crippen LogP contribution in [0.1, 0.15) is 5.69 Å². The van der Waals surface area contributed by atoms with Crippen LogP contribution in [0.2, 0.25) is 0 Å². The second-order valence-corrected chi connectivity index (χ2v) is 7.67. The first-order chi connectivity index (χ1) is 9.70. The number of hydrogen-bond donors (Lipinski definition) is 2. The molecule has 21 heavy (non-hydrogen) atoms. The van der Waals surface area contributed by atoms with Gasteiger partial charge in [0.25, 0.3) is 15.7 Å². The van der Waals surface area contributed by atoms with E-state index < -0.39 is 19.8 Å². The van der Waals surface area contributed by atoms with E-state index in [1.54, 1.807) is 0 Å². The predicted octanol–water partition coefficient (Wildman–Crippen LogP) is 2.22. The molecular weight excluding hydrogens is 386 g/mol. The number of thiazole rings is 1. The maximum Gasteiger partial charge on any atom is 0.306 e. The molecule has 2 N–H and O–H groups in total. The monoisotopic (exact) mass is 393 g/mol. The summed E-state index contributed by atoms with van der Waals surface area (Å²) in [6.45, 7) is 1.47. The van der Waals surface area contributed by atoms with Crippen LogP contribution >= 0.6 is 27.3 Å². The van der Waals surface area contributed by atoms with Gasteiger partial charge < -0.3 is 4.98 Å². The Hall–Kier alpha value is -1.72. The van der Waals surface area contributed by atoms with E-state index in [1.165, 1.54) is 25.1 Å². The van der Waals surface area contributed by atoms with Crippen molar-refractivity contribution in [1.82, 2.24) is 4.98 Å². The first-order valence-corrected chi connectivity index (χ1v) is 8.46. The van der Waals surface area contributed by atoms with Crippen molar-refractivity contribution in [2.24, 2.45) is 0 Å². The maximum atomic E-state index is 12.2. The Kier molecular flexibility index (Phi) is 4.16. The number of hydrogen-bond acceptors (Lipinski definition) is 6. The molecule has 0 fully saturated rings. The smallest absolute Gasteiger partial charge is 0.306 e. The van der Waals surface area contributed by atoms with Crippen molar-refractivity contribution in [3.8, 4) is 0 Å². The minimum absolute atomic E-state index is 0.127. The van der Waals surface area contributed by atoms with E-state index in [2.05, 4.69) is 25.6 Å². The van der Waals surface area contributed by atoms with Crippen molar-refractivity contribution in [3.05, 3.63) is 48.1 Å². The molecule has 0 aliphatic carbocycles. The standard InChI is InChI=1S/C10H8BrN3O5S2/c1-5-9(20-10(15)12-5)21(18,19)13-8-3-2-6(14(16)17)4-7(8)11/h2-4,13H,1H3,(H,12,15). The van der Waals surface area contributed by atoms with E-state index in [9.17, 15) is 23.3 Å². The molecule has 0 atom stereocenters. The van der Waals surface area contributed by atoms with Crippen LogP contribution in [-0.2, 0) is 10.0 Å². The number of nitro groups is 1. The maximum absolute atomic E-state index is 12.2. The molecule has 112 valence electrons. The van der Waals surface area contributed by atoms with Crippen molar-refractivity contribution in [2.75, 3.05) is 4.72 Å². The molecule has 0 aliphatic heterocycles. The van der Waals surface area contributed by atoms with Gasteiger partial charge in [-0.2, -0.15) is 0 Å². The number of aromatic amines is 1. The topological polar surface area (TPSA) is 122 Å². The van der Waals surface area contributed by atoms with E-state index in [4.69, 9.17) is 0 Å². The summed E-state index contributed by atoms with van der Waals surface area (Å²) in [5.74, 6) is 0. The Morgan fingerprint density at radius 3 is 2.57 bits per heavy atom. The van der Waals surface area contributed by atoms with Crippen molar-refractivity contribution in [1.29, 1.82) is 0 Å².